The van der Waals surface area contributed by atoms with Crippen molar-refractivity contribution in [1.82, 2.24) is 9.21 Å². The van der Waals surface area contributed by atoms with E-state index in [0.29, 0.717) is 40.6 Å². The molecule has 3 rings (SSSR count). The summed E-state index contributed by atoms with van der Waals surface area (Å²) in [6, 6.07) is 10.2. The van der Waals surface area contributed by atoms with E-state index in [2.05, 4.69) is 0 Å². The van der Waals surface area contributed by atoms with Crippen molar-refractivity contribution in [3.63, 3.8) is 0 Å². The van der Waals surface area contributed by atoms with E-state index >= 15 is 0 Å². The number of ether oxygens (including phenoxy) is 2. The first kappa shape index (κ1) is 23.1. The molecule has 1 N–H and O–H groups in total. The zero-order valence-corrected chi connectivity index (χ0v) is 18.8. The lowest BCUT2D eigenvalue weighted by Crippen LogP contribution is -2.50. The summed E-state index contributed by atoms with van der Waals surface area (Å²) >= 11 is 0. The minimum absolute atomic E-state index is 0.0862. The predicted octanol–water partition coefficient (Wildman–Crippen LogP) is 1.83. The Morgan fingerprint density at radius 2 is 1.74 bits per heavy atom. The van der Waals surface area contributed by atoms with Crippen molar-refractivity contribution in [2.45, 2.75) is 18.7 Å². The number of carbonyl (C=O) groups excluding carboxylic acids is 1. The van der Waals surface area contributed by atoms with E-state index in [1.807, 2.05) is 19.1 Å². The number of aryl methyl sites for hydroxylation is 2. The summed E-state index contributed by atoms with van der Waals surface area (Å²) in [7, 11) is -2.12. The molecule has 1 fully saturated rings. The second-order valence-corrected chi connectivity index (χ2v) is 9.31. The Balaban J connectivity index is 1.72. The maximum Gasteiger partial charge on any atom is 0.254 e. The number of benzene rings is 2. The van der Waals surface area contributed by atoms with E-state index in [1.54, 1.807) is 36.1 Å². The highest BCUT2D eigenvalue weighted by atomic mass is 32.2. The van der Waals surface area contributed by atoms with Crippen LogP contribution in [-0.2, 0) is 10.0 Å². The average Bonchev–Trinajstić information content (AvgIpc) is 2.78. The summed E-state index contributed by atoms with van der Waals surface area (Å²) in [6.07, 6.45) is 0. The number of carbonyl (C=O) groups is 1. The number of methoxy groups -OCH3 is 1. The Morgan fingerprint density at radius 3 is 2.39 bits per heavy atom. The maximum absolute atomic E-state index is 13.1. The van der Waals surface area contributed by atoms with Gasteiger partial charge in [-0.25, -0.2) is 8.42 Å². The van der Waals surface area contributed by atoms with E-state index < -0.39 is 10.0 Å². The maximum atomic E-state index is 13.1. The molecular formula is C22H28N2O6S. The van der Waals surface area contributed by atoms with Gasteiger partial charge in [0, 0.05) is 31.7 Å². The molecule has 0 bridgehead atoms. The fourth-order valence-electron chi connectivity index (χ4n) is 3.52. The van der Waals surface area contributed by atoms with Crippen molar-refractivity contribution in [2.24, 2.45) is 0 Å². The summed E-state index contributed by atoms with van der Waals surface area (Å²) in [5, 5.41) is 8.98. The molecule has 9 heteroatoms. The standard InChI is InChI=1S/C22H28N2O6S/c1-16-4-5-17(2)21(14-16)31(27,28)24-10-8-23(9-11-24)22(26)18-6-7-19(29-3)20(15-18)30-13-12-25/h4-7,14-15,25H,8-13H2,1-3H3. The van der Waals surface area contributed by atoms with Crippen LogP contribution in [-0.4, -0.2) is 75.1 Å². The van der Waals surface area contributed by atoms with Crippen LogP contribution in [0.2, 0.25) is 0 Å². The highest BCUT2D eigenvalue weighted by Gasteiger charge is 2.31. The molecule has 1 saturated heterocycles. The number of sulfonamides is 1. The monoisotopic (exact) mass is 448 g/mol. The summed E-state index contributed by atoms with van der Waals surface area (Å²) in [4.78, 5) is 14.9. The van der Waals surface area contributed by atoms with Crippen LogP contribution in [0.15, 0.2) is 41.3 Å². The summed E-state index contributed by atoms with van der Waals surface area (Å²) in [5.41, 5.74) is 2.01. The largest absolute Gasteiger partial charge is 0.493 e. The fourth-order valence-corrected chi connectivity index (χ4v) is 5.25. The number of aliphatic hydroxyl groups is 1. The molecule has 1 aliphatic heterocycles. The second-order valence-electron chi connectivity index (χ2n) is 7.40. The van der Waals surface area contributed by atoms with Crippen LogP contribution in [0.3, 0.4) is 0 Å². The van der Waals surface area contributed by atoms with Crippen LogP contribution < -0.4 is 9.47 Å². The molecule has 2 aromatic carbocycles. The van der Waals surface area contributed by atoms with Gasteiger partial charge >= 0.3 is 0 Å². The van der Waals surface area contributed by atoms with Gasteiger partial charge in [0.05, 0.1) is 18.6 Å². The number of amides is 1. The highest BCUT2D eigenvalue weighted by Crippen LogP contribution is 2.29. The Kier molecular flexibility index (Phi) is 7.19. The molecule has 1 heterocycles. The third-order valence-corrected chi connectivity index (χ3v) is 7.29. The molecule has 0 aromatic heterocycles. The molecule has 0 radical (unpaired) electrons. The van der Waals surface area contributed by atoms with Gasteiger partial charge < -0.3 is 19.5 Å². The van der Waals surface area contributed by atoms with Gasteiger partial charge in [-0.1, -0.05) is 12.1 Å². The Labute approximate surface area is 183 Å². The third kappa shape index (κ3) is 5.00. The van der Waals surface area contributed by atoms with Crippen molar-refractivity contribution >= 4 is 15.9 Å². The third-order valence-electron chi connectivity index (χ3n) is 5.25. The minimum atomic E-state index is -3.62. The summed E-state index contributed by atoms with van der Waals surface area (Å²) in [5.74, 6) is 0.633. The van der Waals surface area contributed by atoms with Crippen LogP contribution >= 0.6 is 0 Å². The van der Waals surface area contributed by atoms with E-state index in [-0.39, 0.29) is 32.2 Å². The van der Waals surface area contributed by atoms with E-state index in [9.17, 15) is 13.2 Å². The lowest BCUT2D eigenvalue weighted by molar-refractivity contribution is 0.0697. The van der Waals surface area contributed by atoms with Gasteiger partial charge in [-0.05, 0) is 49.2 Å². The lowest BCUT2D eigenvalue weighted by atomic mass is 10.1. The smallest absolute Gasteiger partial charge is 0.254 e. The Morgan fingerprint density at radius 1 is 1.03 bits per heavy atom. The van der Waals surface area contributed by atoms with Crippen LogP contribution in [0.1, 0.15) is 21.5 Å². The fraction of sp³-hybridized carbons (Fsp3) is 0.409. The zero-order chi connectivity index (χ0) is 22.6. The molecule has 0 unspecified atom stereocenters. The normalized spacial score (nSPS) is 15.0. The first-order valence-electron chi connectivity index (χ1n) is 10.1. The van der Waals surface area contributed by atoms with E-state index in [0.717, 1.165) is 5.56 Å². The highest BCUT2D eigenvalue weighted by molar-refractivity contribution is 7.89. The van der Waals surface area contributed by atoms with E-state index in [4.69, 9.17) is 14.6 Å². The Hall–Kier alpha value is -2.62. The minimum Gasteiger partial charge on any atom is -0.493 e. The zero-order valence-electron chi connectivity index (χ0n) is 18.0. The quantitative estimate of drug-likeness (QED) is 0.694. The number of hydrogen-bond acceptors (Lipinski definition) is 6. The summed E-state index contributed by atoms with van der Waals surface area (Å²) < 4.78 is 38.3. The van der Waals surface area contributed by atoms with Crippen LogP contribution in [0.4, 0.5) is 0 Å². The average molecular weight is 449 g/mol. The topological polar surface area (TPSA) is 96.4 Å². The number of aliphatic hydroxyl groups excluding tert-OH is 1. The Bertz CT molecular complexity index is 1050. The van der Waals surface area contributed by atoms with E-state index in [1.165, 1.54) is 11.4 Å². The lowest BCUT2D eigenvalue weighted by Gasteiger charge is -2.34. The molecule has 168 valence electrons. The van der Waals surface area contributed by atoms with Crippen LogP contribution in [0.5, 0.6) is 11.5 Å². The van der Waals surface area contributed by atoms with Crippen molar-refractivity contribution in [3.8, 4) is 11.5 Å². The number of rotatable bonds is 7. The van der Waals surface area contributed by atoms with Crippen molar-refractivity contribution in [2.75, 3.05) is 46.5 Å². The molecule has 31 heavy (non-hydrogen) atoms. The van der Waals surface area contributed by atoms with Crippen molar-refractivity contribution in [3.05, 3.63) is 53.1 Å². The molecule has 1 amide bonds. The SMILES string of the molecule is COc1ccc(C(=O)N2CCN(S(=O)(=O)c3cc(C)ccc3C)CC2)cc1OCCO. The molecule has 0 saturated carbocycles. The van der Waals surface area contributed by atoms with Crippen LogP contribution in [0.25, 0.3) is 0 Å². The van der Waals surface area contributed by atoms with Gasteiger partial charge in [0.1, 0.15) is 6.61 Å². The molecule has 0 atom stereocenters. The molecule has 2 aromatic rings. The molecule has 1 aliphatic rings. The van der Waals surface area contributed by atoms with Crippen LogP contribution in [0, 0.1) is 13.8 Å². The van der Waals surface area contributed by atoms with Gasteiger partial charge in [0.2, 0.25) is 10.0 Å². The number of hydrogen-bond donors (Lipinski definition) is 1. The van der Waals surface area contributed by atoms with Crippen molar-refractivity contribution in [1.29, 1.82) is 0 Å². The first-order chi connectivity index (χ1) is 14.8. The van der Waals surface area contributed by atoms with Gasteiger partial charge in [-0.2, -0.15) is 4.31 Å². The molecule has 0 aliphatic carbocycles. The van der Waals surface area contributed by atoms with Gasteiger partial charge in [0.15, 0.2) is 11.5 Å². The number of piperazine rings is 1. The molecule has 8 nitrogen and oxygen atoms in total. The number of nitrogens with zero attached hydrogens (tertiary/aromatic N) is 2. The predicted molar refractivity (Wildman–Crippen MR) is 116 cm³/mol. The second kappa shape index (κ2) is 9.67. The van der Waals surface area contributed by atoms with Gasteiger partial charge in [-0.15, -0.1) is 0 Å². The summed E-state index contributed by atoms with van der Waals surface area (Å²) in [6.45, 7) is 4.62. The van der Waals surface area contributed by atoms with Crippen molar-refractivity contribution < 1.29 is 27.8 Å². The van der Waals surface area contributed by atoms with Gasteiger partial charge in [-0.3, -0.25) is 4.79 Å². The molecular weight excluding hydrogens is 420 g/mol. The van der Waals surface area contributed by atoms with Gasteiger partial charge in [0.25, 0.3) is 5.91 Å². The first-order valence-corrected chi connectivity index (χ1v) is 11.5. The molecule has 0 spiro atoms.